The quantitative estimate of drug-likeness (QED) is 0.879. The van der Waals surface area contributed by atoms with Crippen LogP contribution in [0.2, 0.25) is 5.02 Å². The standard InChI is InChI=1S/C16H17ClN2O/c1-19(11-12-6-8-14(17)9-7-12)16(20)10-13-4-2-3-5-15(13)18/h2-9H,10-11,18H2,1H3. The normalized spacial score (nSPS) is 10.3. The van der Waals surface area contributed by atoms with E-state index in [4.69, 9.17) is 17.3 Å². The Bertz CT molecular complexity index is 596. The number of likely N-dealkylation sites (N-methyl/N-ethyl adjacent to an activating group) is 1. The summed E-state index contributed by atoms with van der Waals surface area (Å²) in [7, 11) is 1.79. The van der Waals surface area contributed by atoms with Crippen molar-refractivity contribution in [3.8, 4) is 0 Å². The Balaban J connectivity index is 1.99. The third-order valence-corrected chi connectivity index (χ3v) is 3.41. The van der Waals surface area contributed by atoms with E-state index in [0.717, 1.165) is 11.1 Å². The summed E-state index contributed by atoms with van der Waals surface area (Å²) in [5, 5.41) is 0.694. The molecule has 0 radical (unpaired) electrons. The van der Waals surface area contributed by atoms with Crippen LogP contribution < -0.4 is 5.73 Å². The minimum absolute atomic E-state index is 0.0397. The lowest BCUT2D eigenvalue weighted by atomic mass is 10.1. The largest absolute Gasteiger partial charge is 0.398 e. The highest BCUT2D eigenvalue weighted by Gasteiger charge is 2.11. The Morgan fingerprint density at radius 2 is 1.80 bits per heavy atom. The molecule has 0 atom stereocenters. The second-order valence-corrected chi connectivity index (χ2v) is 5.19. The number of carbonyl (C=O) groups excluding carboxylic acids is 1. The maximum Gasteiger partial charge on any atom is 0.227 e. The van der Waals surface area contributed by atoms with Gasteiger partial charge in [0, 0.05) is 24.3 Å². The highest BCUT2D eigenvalue weighted by atomic mass is 35.5. The Morgan fingerprint density at radius 3 is 2.45 bits per heavy atom. The van der Waals surface area contributed by atoms with Crippen molar-refractivity contribution >= 4 is 23.2 Å². The summed E-state index contributed by atoms with van der Waals surface area (Å²) in [5.74, 6) is 0.0397. The van der Waals surface area contributed by atoms with Crippen LogP contribution in [0.3, 0.4) is 0 Å². The zero-order chi connectivity index (χ0) is 14.5. The van der Waals surface area contributed by atoms with Gasteiger partial charge in [0.1, 0.15) is 0 Å². The van der Waals surface area contributed by atoms with E-state index in [1.165, 1.54) is 0 Å². The first-order valence-electron chi connectivity index (χ1n) is 6.38. The molecule has 2 N–H and O–H groups in total. The van der Waals surface area contributed by atoms with Crippen LogP contribution in [0.4, 0.5) is 5.69 Å². The van der Waals surface area contributed by atoms with E-state index in [1.807, 2.05) is 48.5 Å². The highest BCUT2D eigenvalue weighted by molar-refractivity contribution is 6.30. The Labute approximate surface area is 124 Å². The van der Waals surface area contributed by atoms with Gasteiger partial charge < -0.3 is 10.6 Å². The van der Waals surface area contributed by atoms with E-state index >= 15 is 0 Å². The molecule has 0 aliphatic heterocycles. The third kappa shape index (κ3) is 3.75. The van der Waals surface area contributed by atoms with Gasteiger partial charge in [0.25, 0.3) is 0 Å². The van der Waals surface area contributed by atoms with Crippen LogP contribution in [-0.2, 0) is 17.8 Å². The second kappa shape index (κ2) is 6.44. The molecule has 0 fully saturated rings. The van der Waals surface area contributed by atoms with Crippen LogP contribution >= 0.6 is 11.6 Å². The Morgan fingerprint density at radius 1 is 1.15 bits per heavy atom. The monoisotopic (exact) mass is 288 g/mol. The van der Waals surface area contributed by atoms with Crippen molar-refractivity contribution in [3.63, 3.8) is 0 Å². The lowest BCUT2D eigenvalue weighted by Gasteiger charge is -2.18. The maximum absolute atomic E-state index is 12.2. The number of anilines is 1. The molecule has 0 heterocycles. The van der Waals surface area contributed by atoms with Crippen molar-refractivity contribution < 1.29 is 4.79 Å². The first-order chi connectivity index (χ1) is 9.56. The predicted octanol–water partition coefficient (Wildman–Crippen LogP) is 3.12. The summed E-state index contributed by atoms with van der Waals surface area (Å²) in [5.41, 5.74) is 8.42. The number of amides is 1. The average molecular weight is 289 g/mol. The number of hydrogen-bond donors (Lipinski definition) is 1. The molecule has 0 aromatic heterocycles. The summed E-state index contributed by atoms with van der Waals surface area (Å²) in [6, 6.07) is 14.9. The van der Waals surface area contributed by atoms with Crippen molar-refractivity contribution in [2.24, 2.45) is 0 Å². The predicted molar refractivity (Wildman–Crippen MR) is 82.5 cm³/mol. The van der Waals surface area contributed by atoms with E-state index in [2.05, 4.69) is 0 Å². The number of carbonyl (C=O) groups is 1. The number of nitrogens with zero attached hydrogens (tertiary/aromatic N) is 1. The van der Waals surface area contributed by atoms with E-state index in [0.29, 0.717) is 23.7 Å². The van der Waals surface area contributed by atoms with Crippen LogP contribution in [0.1, 0.15) is 11.1 Å². The van der Waals surface area contributed by atoms with Crippen molar-refractivity contribution in [3.05, 3.63) is 64.7 Å². The summed E-state index contributed by atoms with van der Waals surface area (Å²) in [6.07, 6.45) is 0.316. The van der Waals surface area contributed by atoms with E-state index < -0.39 is 0 Å². The highest BCUT2D eigenvalue weighted by Crippen LogP contribution is 2.14. The zero-order valence-corrected chi connectivity index (χ0v) is 12.1. The number of para-hydroxylation sites is 1. The molecule has 0 unspecified atom stereocenters. The van der Waals surface area contributed by atoms with Gasteiger partial charge in [-0.1, -0.05) is 41.9 Å². The molecule has 0 aliphatic rings. The minimum atomic E-state index is 0.0397. The van der Waals surface area contributed by atoms with Gasteiger partial charge in [-0.25, -0.2) is 0 Å². The van der Waals surface area contributed by atoms with E-state index in [9.17, 15) is 4.79 Å². The second-order valence-electron chi connectivity index (χ2n) is 4.75. The third-order valence-electron chi connectivity index (χ3n) is 3.16. The molecule has 3 nitrogen and oxygen atoms in total. The van der Waals surface area contributed by atoms with E-state index in [-0.39, 0.29) is 5.91 Å². The molecule has 1 amide bonds. The molecular formula is C16H17ClN2O. The molecule has 20 heavy (non-hydrogen) atoms. The fourth-order valence-electron chi connectivity index (χ4n) is 1.94. The molecule has 0 saturated carbocycles. The van der Waals surface area contributed by atoms with Gasteiger partial charge in [-0.2, -0.15) is 0 Å². The number of hydrogen-bond acceptors (Lipinski definition) is 2. The van der Waals surface area contributed by atoms with Gasteiger partial charge >= 0.3 is 0 Å². The van der Waals surface area contributed by atoms with Crippen molar-refractivity contribution in [2.75, 3.05) is 12.8 Å². The summed E-state index contributed by atoms with van der Waals surface area (Å²) in [6.45, 7) is 0.558. The van der Waals surface area contributed by atoms with Gasteiger partial charge in [-0.3, -0.25) is 4.79 Å². The average Bonchev–Trinajstić information content (AvgIpc) is 2.44. The van der Waals surface area contributed by atoms with Crippen LogP contribution in [0.25, 0.3) is 0 Å². The first-order valence-corrected chi connectivity index (χ1v) is 6.76. The lowest BCUT2D eigenvalue weighted by molar-refractivity contribution is -0.129. The van der Waals surface area contributed by atoms with Gasteiger partial charge in [0.15, 0.2) is 0 Å². The Hall–Kier alpha value is -2.00. The molecule has 0 spiro atoms. The topological polar surface area (TPSA) is 46.3 Å². The van der Waals surface area contributed by atoms with Crippen LogP contribution in [0.15, 0.2) is 48.5 Å². The fraction of sp³-hybridized carbons (Fsp3) is 0.188. The number of nitrogen functional groups attached to an aromatic ring is 1. The molecule has 0 bridgehead atoms. The minimum Gasteiger partial charge on any atom is -0.398 e. The number of halogens is 1. The van der Waals surface area contributed by atoms with Gasteiger partial charge in [-0.15, -0.1) is 0 Å². The number of benzene rings is 2. The summed E-state index contributed by atoms with van der Waals surface area (Å²) in [4.78, 5) is 13.9. The first kappa shape index (κ1) is 14.4. The summed E-state index contributed by atoms with van der Waals surface area (Å²) < 4.78 is 0. The molecule has 104 valence electrons. The van der Waals surface area contributed by atoms with Crippen LogP contribution in [-0.4, -0.2) is 17.9 Å². The molecule has 2 aromatic carbocycles. The zero-order valence-electron chi connectivity index (χ0n) is 11.3. The van der Waals surface area contributed by atoms with Crippen molar-refractivity contribution in [1.82, 2.24) is 4.90 Å². The lowest BCUT2D eigenvalue weighted by Crippen LogP contribution is -2.27. The SMILES string of the molecule is CN(Cc1ccc(Cl)cc1)C(=O)Cc1ccccc1N. The summed E-state index contributed by atoms with van der Waals surface area (Å²) >= 11 is 5.84. The van der Waals surface area contributed by atoms with Crippen LogP contribution in [0, 0.1) is 0 Å². The van der Waals surface area contributed by atoms with Gasteiger partial charge in [0.2, 0.25) is 5.91 Å². The maximum atomic E-state index is 12.2. The van der Waals surface area contributed by atoms with Gasteiger partial charge in [0.05, 0.1) is 6.42 Å². The molecular weight excluding hydrogens is 272 g/mol. The molecule has 4 heteroatoms. The molecule has 2 aromatic rings. The van der Waals surface area contributed by atoms with Crippen molar-refractivity contribution in [2.45, 2.75) is 13.0 Å². The molecule has 2 rings (SSSR count). The van der Waals surface area contributed by atoms with Crippen LogP contribution in [0.5, 0.6) is 0 Å². The number of nitrogens with two attached hydrogens (primary N) is 1. The van der Waals surface area contributed by atoms with Crippen molar-refractivity contribution in [1.29, 1.82) is 0 Å². The Kier molecular flexibility index (Phi) is 4.64. The van der Waals surface area contributed by atoms with E-state index in [1.54, 1.807) is 11.9 Å². The number of rotatable bonds is 4. The molecule has 0 saturated heterocycles. The fourth-order valence-corrected chi connectivity index (χ4v) is 2.07. The smallest absolute Gasteiger partial charge is 0.227 e. The molecule has 0 aliphatic carbocycles. The van der Waals surface area contributed by atoms with Gasteiger partial charge in [-0.05, 0) is 29.3 Å².